The fourth-order valence-electron chi connectivity index (χ4n) is 2.15. The Bertz CT molecular complexity index is 638. The molecule has 0 radical (unpaired) electrons. The number of carbonyl (C=O) groups is 1. The minimum absolute atomic E-state index is 0.0633. The zero-order valence-electron chi connectivity index (χ0n) is 12.2. The smallest absolute Gasteiger partial charge is 0.254 e. The molecule has 1 aliphatic carbocycles. The summed E-state index contributed by atoms with van der Waals surface area (Å²) < 4.78 is 28.3. The Labute approximate surface area is 124 Å². The van der Waals surface area contributed by atoms with Gasteiger partial charge in [-0.25, -0.2) is 8.42 Å². The number of ether oxygens (including phenoxy) is 1. The minimum Gasteiger partial charge on any atom is -0.399 e. The Morgan fingerprint density at radius 2 is 2.05 bits per heavy atom. The highest BCUT2D eigenvalue weighted by molar-refractivity contribution is 7.90. The molecule has 116 valence electrons. The van der Waals surface area contributed by atoms with Gasteiger partial charge in [-0.3, -0.25) is 4.79 Å². The third kappa shape index (κ3) is 3.95. The lowest BCUT2D eigenvalue weighted by atomic mass is 10.1. The molecule has 0 atom stereocenters. The number of nitrogens with zero attached hydrogens (tertiary/aromatic N) is 1. The fourth-order valence-corrected chi connectivity index (χ4v) is 2.84. The highest BCUT2D eigenvalue weighted by atomic mass is 32.2. The lowest BCUT2D eigenvalue weighted by molar-refractivity contribution is 0.0680. The summed E-state index contributed by atoms with van der Waals surface area (Å²) in [6.07, 6.45) is 3.03. The summed E-state index contributed by atoms with van der Waals surface area (Å²) in [7, 11) is -1.82. The molecule has 1 fully saturated rings. The molecule has 1 amide bonds. The number of anilines is 1. The summed E-state index contributed by atoms with van der Waals surface area (Å²) in [6, 6.07) is 4.48. The van der Waals surface area contributed by atoms with E-state index in [9.17, 15) is 13.2 Å². The molecule has 2 rings (SSSR count). The van der Waals surface area contributed by atoms with Crippen LogP contribution in [0.3, 0.4) is 0 Å². The fraction of sp³-hybridized carbons (Fsp3) is 0.500. The van der Waals surface area contributed by atoms with E-state index < -0.39 is 9.84 Å². The normalized spacial score (nSPS) is 15.0. The minimum atomic E-state index is -3.40. The number of amides is 1. The second-order valence-corrected chi connectivity index (χ2v) is 7.30. The number of hydrogen-bond donors (Lipinski definition) is 1. The highest BCUT2D eigenvalue weighted by Crippen LogP contribution is 2.29. The van der Waals surface area contributed by atoms with Gasteiger partial charge in [0.25, 0.3) is 5.91 Å². The molecule has 6 nitrogen and oxygen atoms in total. The molecule has 0 aliphatic heterocycles. The van der Waals surface area contributed by atoms with E-state index >= 15 is 0 Å². The lowest BCUT2D eigenvalue weighted by Gasteiger charge is -2.22. The summed E-state index contributed by atoms with van der Waals surface area (Å²) in [5.74, 6) is -0.202. The first kappa shape index (κ1) is 15.8. The van der Waals surface area contributed by atoms with E-state index in [1.165, 1.54) is 18.2 Å². The van der Waals surface area contributed by atoms with Gasteiger partial charge < -0.3 is 15.4 Å². The summed E-state index contributed by atoms with van der Waals surface area (Å²) in [6.45, 7) is 0.937. The molecule has 0 unspecified atom stereocenters. The van der Waals surface area contributed by atoms with Crippen LogP contribution >= 0.6 is 0 Å². The van der Waals surface area contributed by atoms with Crippen molar-refractivity contribution in [1.29, 1.82) is 0 Å². The van der Waals surface area contributed by atoms with Crippen LogP contribution in [0, 0.1) is 0 Å². The molecule has 2 N–H and O–H groups in total. The van der Waals surface area contributed by atoms with Gasteiger partial charge in [-0.2, -0.15) is 0 Å². The standard InChI is InChI=1S/C14H20N2O4S/c1-20-6-5-16(12-3-4-12)14(17)10-7-11(15)9-13(8-10)21(2,18)19/h7-9,12H,3-6,15H2,1-2H3. The van der Waals surface area contributed by atoms with Crippen molar-refractivity contribution >= 4 is 21.4 Å². The van der Waals surface area contributed by atoms with E-state index in [4.69, 9.17) is 10.5 Å². The molecule has 1 aromatic rings. The summed E-state index contributed by atoms with van der Waals surface area (Å²) >= 11 is 0. The van der Waals surface area contributed by atoms with Gasteiger partial charge in [0.1, 0.15) is 0 Å². The third-order valence-electron chi connectivity index (χ3n) is 3.39. The molecule has 1 aromatic carbocycles. The SMILES string of the molecule is COCCN(C(=O)c1cc(N)cc(S(C)(=O)=O)c1)C1CC1. The Hall–Kier alpha value is -1.60. The second-order valence-electron chi connectivity index (χ2n) is 5.29. The molecular weight excluding hydrogens is 292 g/mol. The number of sulfone groups is 1. The molecule has 7 heteroatoms. The predicted octanol–water partition coefficient (Wildman–Crippen LogP) is 0.923. The Morgan fingerprint density at radius 3 is 2.57 bits per heavy atom. The number of carbonyl (C=O) groups excluding carboxylic acids is 1. The maximum Gasteiger partial charge on any atom is 0.254 e. The maximum atomic E-state index is 12.6. The molecule has 0 aromatic heterocycles. The van der Waals surface area contributed by atoms with Crippen LogP contribution in [0.25, 0.3) is 0 Å². The zero-order valence-corrected chi connectivity index (χ0v) is 13.0. The maximum absolute atomic E-state index is 12.6. The first-order valence-electron chi connectivity index (χ1n) is 6.73. The molecule has 0 bridgehead atoms. The van der Waals surface area contributed by atoms with Crippen molar-refractivity contribution < 1.29 is 17.9 Å². The monoisotopic (exact) mass is 312 g/mol. The van der Waals surface area contributed by atoms with Crippen LogP contribution < -0.4 is 5.73 Å². The van der Waals surface area contributed by atoms with Gasteiger partial charge in [0.2, 0.25) is 0 Å². The van der Waals surface area contributed by atoms with Crippen molar-refractivity contribution in [2.75, 3.05) is 32.3 Å². The van der Waals surface area contributed by atoms with Crippen LogP contribution in [0.5, 0.6) is 0 Å². The Balaban J connectivity index is 2.31. The van der Waals surface area contributed by atoms with Gasteiger partial charge >= 0.3 is 0 Å². The Kier molecular flexibility index (Phi) is 4.53. The lowest BCUT2D eigenvalue weighted by Crippen LogP contribution is -2.36. The van der Waals surface area contributed by atoms with Crippen LogP contribution in [0.2, 0.25) is 0 Å². The van der Waals surface area contributed by atoms with E-state index in [0.717, 1.165) is 19.1 Å². The van der Waals surface area contributed by atoms with Gasteiger partial charge in [-0.1, -0.05) is 0 Å². The summed E-state index contributed by atoms with van der Waals surface area (Å²) in [4.78, 5) is 14.4. The first-order valence-corrected chi connectivity index (χ1v) is 8.62. The summed E-state index contributed by atoms with van der Waals surface area (Å²) in [5.41, 5.74) is 6.30. The number of nitrogens with two attached hydrogens (primary N) is 1. The van der Waals surface area contributed by atoms with Crippen LogP contribution in [0.15, 0.2) is 23.1 Å². The second kappa shape index (κ2) is 6.03. The molecule has 0 saturated heterocycles. The van der Waals surface area contributed by atoms with Gasteiger partial charge in [-0.05, 0) is 31.0 Å². The van der Waals surface area contributed by atoms with Crippen LogP contribution in [0.4, 0.5) is 5.69 Å². The Morgan fingerprint density at radius 1 is 1.38 bits per heavy atom. The van der Waals surface area contributed by atoms with E-state index in [1.807, 2.05) is 0 Å². The van der Waals surface area contributed by atoms with Crippen molar-refractivity contribution in [1.82, 2.24) is 4.90 Å². The van der Waals surface area contributed by atoms with Crippen LogP contribution in [-0.4, -0.2) is 51.8 Å². The summed E-state index contributed by atoms with van der Waals surface area (Å²) in [5, 5.41) is 0. The van der Waals surface area contributed by atoms with Gasteiger partial charge in [-0.15, -0.1) is 0 Å². The van der Waals surface area contributed by atoms with E-state index in [1.54, 1.807) is 12.0 Å². The van der Waals surface area contributed by atoms with Gasteiger partial charge in [0, 0.05) is 37.2 Å². The number of benzene rings is 1. The highest BCUT2D eigenvalue weighted by Gasteiger charge is 2.33. The van der Waals surface area contributed by atoms with Crippen molar-refractivity contribution in [3.8, 4) is 0 Å². The topological polar surface area (TPSA) is 89.7 Å². The van der Waals surface area contributed by atoms with E-state index in [2.05, 4.69) is 0 Å². The average molecular weight is 312 g/mol. The average Bonchev–Trinajstić information content (AvgIpc) is 3.22. The first-order chi connectivity index (χ1) is 9.82. The number of rotatable bonds is 6. The third-order valence-corrected chi connectivity index (χ3v) is 4.48. The van der Waals surface area contributed by atoms with Gasteiger partial charge in [0.15, 0.2) is 9.84 Å². The predicted molar refractivity (Wildman–Crippen MR) is 79.9 cm³/mol. The van der Waals surface area contributed by atoms with Crippen molar-refractivity contribution in [3.05, 3.63) is 23.8 Å². The molecule has 0 spiro atoms. The van der Waals surface area contributed by atoms with E-state index in [-0.39, 0.29) is 22.5 Å². The van der Waals surface area contributed by atoms with Gasteiger partial charge in [0.05, 0.1) is 11.5 Å². The molecule has 21 heavy (non-hydrogen) atoms. The van der Waals surface area contributed by atoms with Crippen LogP contribution in [0.1, 0.15) is 23.2 Å². The van der Waals surface area contributed by atoms with Crippen molar-refractivity contribution in [2.24, 2.45) is 0 Å². The molecule has 0 heterocycles. The number of nitrogen functional groups attached to an aromatic ring is 1. The number of methoxy groups -OCH3 is 1. The molecular formula is C14H20N2O4S. The zero-order chi connectivity index (χ0) is 15.6. The molecule has 1 saturated carbocycles. The quantitative estimate of drug-likeness (QED) is 0.789. The number of hydrogen-bond acceptors (Lipinski definition) is 5. The molecule has 1 aliphatic rings. The van der Waals surface area contributed by atoms with Crippen LogP contribution in [-0.2, 0) is 14.6 Å². The van der Waals surface area contributed by atoms with Crippen molar-refractivity contribution in [3.63, 3.8) is 0 Å². The van der Waals surface area contributed by atoms with Crippen molar-refractivity contribution in [2.45, 2.75) is 23.8 Å². The largest absolute Gasteiger partial charge is 0.399 e. The van der Waals surface area contributed by atoms with E-state index in [0.29, 0.717) is 18.7 Å².